The first-order valence-electron chi connectivity index (χ1n) is 10.2. The molecule has 3 aromatic rings. The van der Waals surface area contributed by atoms with Gasteiger partial charge in [-0.15, -0.1) is 0 Å². The number of amides is 2. The smallest absolute Gasteiger partial charge is 0.269 e. The minimum atomic E-state index is -0.349. The molecule has 0 aromatic heterocycles. The number of anilines is 2. The summed E-state index contributed by atoms with van der Waals surface area (Å²) in [6.07, 6.45) is 0. The summed E-state index contributed by atoms with van der Waals surface area (Å²) >= 11 is 5.16. The highest BCUT2D eigenvalue weighted by Crippen LogP contribution is 2.22. The van der Waals surface area contributed by atoms with Crippen molar-refractivity contribution in [2.24, 2.45) is 0 Å². The molecule has 0 spiro atoms. The van der Waals surface area contributed by atoms with Crippen LogP contribution in [0.3, 0.4) is 0 Å². The van der Waals surface area contributed by atoms with E-state index in [2.05, 4.69) is 42.3 Å². The Labute approximate surface area is 193 Å². The van der Waals surface area contributed by atoms with Crippen molar-refractivity contribution < 1.29 is 9.59 Å². The van der Waals surface area contributed by atoms with Crippen LogP contribution in [0.25, 0.3) is 0 Å². The predicted octanol–water partition coefficient (Wildman–Crippen LogP) is 4.87. The Balaban J connectivity index is 1.52. The third kappa shape index (κ3) is 6.39. The van der Waals surface area contributed by atoms with Gasteiger partial charge in [0.05, 0.1) is 0 Å². The number of hydrogen-bond donors (Lipinski definition) is 4. The predicted molar refractivity (Wildman–Crippen MR) is 133 cm³/mol. The summed E-state index contributed by atoms with van der Waals surface area (Å²) in [5, 5.41) is 6.08. The molecule has 0 radical (unpaired) electrons. The fourth-order valence-electron chi connectivity index (χ4n) is 2.90. The maximum Gasteiger partial charge on any atom is 0.269 e. The first kappa shape index (κ1) is 23.0. The molecular weight excluding hydrogens is 420 g/mol. The number of thiocarbonyl (C=S) groups is 1. The molecule has 2 amide bonds. The van der Waals surface area contributed by atoms with Crippen molar-refractivity contribution in [1.29, 1.82) is 0 Å². The number of benzene rings is 3. The molecule has 0 aliphatic heterocycles. The van der Waals surface area contributed by atoms with Gasteiger partial charge in [0, 0.05) is 22.5 Å². The third-order valence-corrected chi connectivity index (χ3v) is 4.94. The number of carbonyl (C=O) groups is 2. The summed E-state index contributed by atoms with van der Waals surface area (Å²) in [5.41, 5.74) is 8.81. The standard InChI is InChI=1S/C25H26N4O2S/c1-25(2,3)19-13-9-17(10-14-19)22(30)26-21-15-11-18(12-16-21)23(31)28-29-24(32)27-20-7-5-4-6-8-20/h4-16H,1-3H3,(H,26,30)(H,28,31)(H2,27,29,32). The van der Waals surface area contributed by atoms with Crippen LogP contribution in [-0.4, -0.2) is 16.9 Å². The van der Waals surface area contributed by atoms with Crippen LogP contribution in [0.1, 0.15) is 47.1 Å². The zero-order valence-electron chi connectivity index (χ0n) is 18.2. The minimum absolute atomic E-state index is 0.0294. The second kappa shape index (κ2) is 10.1. The van der Waals surface area contributed by atoms with Crippen molar-refractivity contribution in [3.8, 4) is 0 Å². The number of hydrogen-bond acceptors (Lipinski definition) is 3. The van der Waals surface area contributed by atoms with Crippen LogP contribution < -0.4 is 21.5 Å². The van der Waals surface area contributed by atoms with Gasteiger partial charge >= 0.3 is 0 Å². The number of para-hydroxylation sites is 1. The molecule has 0 bridgehead atoms. The fourth-order valence-corrected chi connectivity index (χ4v) is 3.07. The van der Waals surface area contributed by atoms with E-state index in [0.717, 1.165) is 11.3 Å². The van der Waals surface area contributed by atoms with Gasteiger partial charge in [-0.2, -0.15) is 0 Å². The van der Waals surface area contributed by atoms with E-state index in [-0.39, 0.29) is 22.3 Å². The van der Waals surface area contributed by atoms with Crippen molar-refractivity contribution in [3.05, 3.63) is 95.6 Å². The molecule has 164 valence electrons. The van der Waals surface area contributed by atoms with Gasteiger partial charge in [-0.25, -0.2) is 0 Å². The molecule has 6 nitrogen and oxygen atoms in total. The number of carbonyl (C=O) groups excluding carboxylic acids is 2. The number of nitrogens with one attached hydrogen (secondary N) is 4. The number of rotatable bonds is 4. The van der Waals surface area contributed by atoms with Gasteiger partial charge in [0.2, 0.25) is 0 Å². The molecule has 7 heteroatoms. The second-order valence-electron chi connectivity index (χ2n) is 8.26. The first-order valence-corrected chi connectivity index (χ1v) is 10.6. The monoisotopic (exact) mass is 446 g/mol. The highest BCUT2D eigenvalue weighted by molar-refractivity contribution is 7.80. The third-order valence-electron chi connectivity index (χ3n) is 4.74. The van der Waals surface area contributed by atoms with Crippen LogP contribution in [0.4, 0.5) is 11.4 Å². The van der Waals surface area contributed by atoms with E-state index in [9.17, 15) is 9.59 Å². The summed E-state index contributed by atoms with van der Waals surface area (Å²) in [4.78, 5) is 24.8. The lowest BCUT2D eigenvalue weighted by molar-refractivity contribution is 0.0943. The van der Waals surface area contributed by atoms with Gasteiger partial charge in [-0.1, -0.05) is 51.1 Å². The molecule has 32 heavy (non-hydrogen) atoms. The maximum atomic E-state index is 12.5. The van der Waals surface area contributed by atoms with E-state index in [0.29, 0.717) is 16.8 Å². The molecule has 0 saturated heterocycles. The van der Waals surface area contributed by atoms with Gasteiger partial charge in [0.15, 0.2) is 5.11 Å². The van der Waals surface area contributed by atoms with E-state index in [4.69, 9.17) is 12.2 Å². The lowest BCUT2D eigenvalue weighted by atomic mass is 9.87. The summed E-state index contributed by atoms with van der Waals surface area (Å²) < 4.78 is 0. The van der Waals surface area contributed by atoms with Gasteiger partial charge in [0.25, 0.3) is 11.8 Å². The first-order chi connectivity index (χ1) is 15.2. The summed E-state index contributed by atoms with van der Waals surface area (Å²) in [6, 6.07) is 23.6. The van der Waals surface area contributed by atoms with Gasteiger partial charge in [0.1, 0.15) is 0 Å². The molecule has 0 heterocycles. The Morgan fingerprint density at radius 1 is 0.656 bits per heavy atom. The Hall–Kier alpha value is -3.71. The lowest BCUT2D eigenvalue weighted by Crippen LogP contribution is -2.43. The van der Waals surface area contributed by atoms with E-state index >= 15 is 0 Å². The van der Waals surface area contributed by atoms with E-state index in [1.165, 1.54) is 0 Å². The highest BCUT2D eigenvalue weighted by Gasteiger charge is 2.14. The average Bonchev–Trinajstić information content (AvgIpc) is 2.78. The van der Waals surface area contributed by atoms with Crippen molar-refractivity contribution in [2.75, 3.05) is 10.6 Å². The van der Waals surface area contributed by atoms with Gasteiger partial charge in [-0.3, -0.25) is 20.4 Å². The van der Waals surface area contributed by atoms with Gasteiger partial charge in [-0.05, 0) is 71.7 Å². The molecule has 0 saturated carbocycles. The molecule has 0 aliphatic carbocycles. The molecule has 3 aromatic carbocycles. The fraction of sp³-hybridized carbons (Fsp3) is 0.160. The van der Waals surface area contributed by atoms with Crippen molar-refractivity contribution >= 4 is 40.5 Å². The van der Waals surface area contributed by atoms with Crippen LogP contribution in [0.5, 0.6) is 0 Å². The van der Waals surface area contributed by atoms with Crippen molar-refractivity contribution in [1.82, 2.24) is 10.9 Å². The number of hydrazine groups is 1. The van der Waals surface area contributed by atoms with Crippen LogP contribution in [0.2, 0.25) is 0 Å². The Morgan fingerprint density at radius 3 is 1.78 bits per heavy atom. The molecule has 3 rings (SSSR count). The minimum Gasteiger partial charge on any atom is -0.331 e. The Morgan fingerprint density at radius 2 is 1.19 bits per heavy atom. The largest absolute Gasteiger partial charge is 0.331 e. The maximum absolute atomic E-state index is 12.5. The molecule has 0 unspecified atom stereocenters. The van der Waals surface area contributed by atoms with Crippen LogP contribution >= 0.6 is 12.2 Å². The zero-order chi connectivity index (χ0) is 23.1. The topological polar surface area (TPSA) is 82.3 Å². The Kier molecular flexibility index (Phi) is 7.22. The molecule has 0 fully saturated rings. The van der Waals surface area contributed by atoms with Crippen LogP contribution in [-0.2, 0) is 5.41 Å². The summed E-state index contributed by atoms with van der Waals surface area (Å²) in [6.45, 7) is 6.38. The molecule has 0 aliphatic rings. The van der Waals surface area contributed by atoms with E-state index in [1.54, 1.807) is 24.3 Å². The molecule has 4 N–H and O–H groups in total. The highest BCUT2D eigenvalue weighted by atomic mass is 32.1. The Bertz CT molecular complexity index is 1090. The summed E-state index contributed by atoms with van der Waals surface area (Å²) in [5.74, 6) is -0.556. The SMILES string of the molecule is CC(C)(C)c1ccc(C(=O)Nc2ccc(C(=O)NNC(=S)Nc3ccccc3)cc2)cc1. The quantitative estimate of drug-likeness (QED) is 0.340. The lowest BCUT2D eigenvalue weighted by Gasteiger charge is -2.19. The second-order valence-corrected chi connectivity index (χ2v) is 8.67. The summed E-state index contributed by atoms with van der Waals surface area (Å²) in [7, 11) is 0. The van der Waals surface area contributed by atoms with Gasteiger partial charge < -0.3 is 10.6 Å². The normalized spacial score (nSPS) is 10.7. The van der Waals surface area contributed by atoms with Crippen molar-refractivity contribution in [3.63, 3.8) is 0 Å². The average molecular weight is 447 g/mol. The molecule has 0 atom stereocenters. The van der Waals surface area contributed by atoms with Crippen molar-refractivity contribution in [2.45, 2.75) is 26.2 Å². The van der Waals surface area contributed by atoms with Crippen LogP contribution in [0, 0.1) is 0 Å². The molecular formula is C25H26N4O2S. The van der Waals surface area contributed by atoms with E-state index < -0.39 is 0 Å². The van der Waals surface area contributed by atoms with Crippen LogP contribution in [0.15, 0.2) is 78.9 Å². The van der Waals surface area contributed by atoms with E-state index in [1.807, 2.05) is 54.6 Å². The zero-order valence-corrected chi connectivity index (χ0v) is 19.0.